The highest BCUT2D eigenvalue weighted by Crippen LogP contribution is 2.91. The van der Waals surface area contributed by atoms with Gasteiger partial charge >= 0.3 is 17.9 Å². The van der Waals surface area contributed by atoms with Gasteiger partial charge in [0, 0.05) is 25.2 Å². The van der Waals surface area contributed by atoms with E-state index in [2.05, 4.69) is 41.5 Å². The molecule has 2 N–H and O–H groups in total. The summed E-state index contributed by atoms with van der Waals surface area (Å²) in [5, 5.41) is 20.0. The molecular weight excluding hydrogens is 584 g/mol. The van der Waals surface area contributed by atoms with Gasteiger partial charge in [0.15, 0.2) is 6.10 Å². The molecule has 1 heterocycles. The lowest BCUT2D eigenvalue weighted by molar-refractivity contribution is -0.209. The lowest BCUT2D eigenvalue weighted by Gasteiger charge is -2.63. The molecule has 0 radical (unpaired) electrons. The molecule has 1 aliphatic heterocycles. The van der Waals surface area contributed by atoms with Crippen LogP contribution < -0.4 is 0 Å². The van der Waals surface area contributed by atoms with Crippen LogP contribution in [0.1, 0.15) is 133 Å². The van der Waals surface area contributed by atoms with Crippen LogP contribution in [0.25, 0.3) is 0 Å². The highest BCUT2D eigenvalue weighted by molar-refractivity contribution is 5.71. The van der Waals surface area contributed by atoms with Gasteiger partial charge in [-0.3, -0.25) is 14.4 Å². The van der Waals surface area contributed by atoms with Gasteiger partial charge in [0.1, 0.15) is 6.10 Å². The molecule has 5 aliphatic carbocycles. The first-order valence-corrected chi connectivity index (χ1v) is 18.2. The molecule has 0 bridgehead atoms. The van der Waals surface area contributed by atoms with E-state index in [0.717, 1.165) is 32.1 Å². The van der Waals surface area contributed by atoms with Gasteiger partial charge in [-0.25, -0.2) is 0 Å². The molecule has 6 rings (SSSR count). The lowest BCUT2D eigenvalue weighted by atomic mass is 9.41. The van der Waals surface area contributed by atoms with Crippen molar-refractivity contribution in [1.82, 2.24) is 0 Å². The molecule has 260 valence electrons. The number of ether oxygens (including phenoxy) is 3. The fourth-order valence-electron chi connectivity index (χ4n) is 13.9. The van der Waals surface area contributed by atoms with Gasteiger partial charge in [-0.1, -0.05) is 41.5 Å². The summed E-state index contributed by atoms with van der Waals surface area (Å²) in [4.78, 5) is 35.8. The number of rotatable bonds is 8. The Morgan fingerprint density at radius 3 is 2.22 bits per heavy atom. The normalized spacial score (nSPS) is 47.6. The molecule has 8 nitrogen and oxygen atoms in total. The summed E-state index contributed by atoms with van der Waals surface area (Å²) in [6, 6.07) is 0. The SMILES string of the molecule is CC(=O)O[C@@H]([C@H]1CC(C)C2[C@@H](C[C@@]3(C)[C@@H]4CCC5C(C)(C)[C@@H](OC(=O)CCCC(=O)O)CCC56[C@@H](C)[C@@]46CC[C@]23C)O1)C(C)(C)O. The standard InChI is InChI=1S/C38H60O8/c1-21-19-24(32(34(6,7)43)44-23(3)39)45-25-20-36(9)27-14-13-26-33(4,5)28(46-30(42)12-10-11-29(40)41)15-16-37(26)22(2)38(27,37)18-17-35(36,8)31(21)25/h21-22,24-28,31-32,43H,10-20H2,1-9H3,(H,40,41)/t21?,22-,24-,25-,26?,27+,28+,31?,32+,35-,36+,37?,38+/m1/s1. The summed E-state index contributed by atoms with van der Waals surface area (Å²) < 4.78 is 18.8. The third-order valence-electron chi connectivity index (χ3n) is 15.7. The van der Waals surface area contributed by atoms with E-state index in [1.807, 2.05) is 0 Å². The zero-order valence-electron chi connectivity index (χ0n) is 29.8. The van der Waals surface area contributed by atoms with Crippen molar-refractivity contribution in [2.75, 3.05) is 0 Å². The van der Waals surface area contributed by atoms with Crippen molar-refractivity contribution in [2.24, 2.45) is 56.7 Å². The number of carboxylic acids is 1. The number of hydrogen-bond donors (Lipinski definition) is 2. The highest BCUT2D eigenvalue weighted by Gasteiger charge is 2.86. The Morgan fingerprint density at radius 2 is 1.59 bits per heavy atom. The molecule has 6 fully saturated rings. The fraction of sp³-hybridized carbons (Fsp3) is 0.921. The number of carboxylic acid groups (broad SMARTS) is 1. The van der Waals surface area contributed by atoms with Gasteiger partial charge in [-0.15, -0.1) is 0 Å². The van der Waals surface area contributed by atoms with E-state index in [0.29, 0.717) is 41.4 Å². The van der Waals surface area contributed by atoms with Gasteiger partial charge in [-0.2, -0.15) is 0 Å². The molecule has 5 saturated carbocycles. The first-order valence-electron chi connectivity index (χ1n) is 18.2. The minimum absolute atomic E-state index is 0.00755. The number of carbonyl (C=O) groups is 3. The summed E-state index contributed by atoms with van der Waals surface area (Å²) in [6.45, 7) is 19.5. The average Bonchev–Trinajstić information content (AvgIpc) is 3.35. The van der Waals surface area contributed by atoms with Crippen molar-refractivity contribution in [3.63, 3.8) is 0 Å². The number of hydrogen-bond acceptors (Lipinski definition) is 7. The third-order valence-corrected chi connectivity index (χ3v) is 15.7. The zero-order valence-corrected chi connectivity index (χ0v) is 29.8. The van der Waals surface area contributed by atoms with E-state index in [4.69, 9.17) is 19.3 Å². The Bertz CT molecular complexity index is 1250. The van der Waals surface area contributed by atoms with Gasteiger partial charge in [0.25, 0.3) is 0 Å². The fourth-order valence-corrected chi connectivity index (χ4v) is 13.9. The lowest BCUT2D eigenvalue weighted by Crippen LogP contribution is -2.58. The summed E-state index contributed by atoms with van der Waals surface area (Å²) >= 11 is 0. The van der Waals surface area contributed by atoms with Crippen molar-refractivity contribution < 1.29 is 38.8 Å². The Morgan fingerprint density at radius 1 is 0.935 bits per heavy atom. The molecule has 0 amide bonds. The molecule has 4 unspecified atom stereocenters. The first-order chi connectivity index (χ1) is 21.3. The summed E-state index contributed by atoms with van der Waals surface area (Å²) in [6.07, 6.45) is 7.91. The van der Waals surface area contributed by atoms with E-state index >= 15 is 0 Å². The summed E-state index contributed by atoms with van der Waals surface area (Å²) in [5.74, 6) is 1.03. The Balaban J connectivity index is 1.24. The Kier molecular flexibility index (Phi) is 8.12. The first kappa shape index (κ1) is 34.2. The van der Waals surface area contributed by atoms with Crippen molar-refractivity contribution in [1.29, 1.82) is 0 Å². The van der Waals surface area contributed by atoms with E-state index in [1.165, 1.54) is 26.2 Å². The third kappa shape index (κ3) is 4.60. The second kappa shape index (κ2) is 10.9. The predicted molar refractivity (Wildman–Crippen MR) is 172 cm³/mol. The minimum atomic E-state index is -1.20. The summed E-state index contributed by atoms with van der Waals surface area (Å²) in [7, 11) is 0. The largest absolute Gasteiger partial charge is 0.481 e. The van der Waals surface area contributed by atoms with Gasteiger partial charge < -0.3 is 24.4 Å². The van der Waals surface area contributed by atoms with Crippen LogP contribution in [0.4, 0.5) is 0 Å². The number of carbonyl (C=O) groups excluding carboxylic acids is 2. The van der Waals surface area contributed by atoms with Gasteiger partial charge in [0.05, 0.1) is 17.8 Å². The van der Waals surface area contributed by atoms with Gasteiger partial charge in [-0.05, 0) is 123 Å². The quantitative estimate of drug-likeness (QED) is 0.273. The number of fused-ring (bicyclic) bond motifs is 4. The maximum Gasteiger partial charge on any atom is 0.306 e. The molecule has 6 aliphatic rings. The Hall–Kier alpha value is -1.67. The van der Waals surface area contributed by atoms with Crippen LogP contribution in [0.15, 0.2) is 0 Å². The second-order valence-electron chi connectivity index (χ2n) is 18.2. The number of aliphatic hydroxyl groups is 1. The van der Waals surface area contributed by atoms with E-state index in [9.17, 15) is 19.5 Å². The molecule has 13 atom stereocenters. The van der Waals surface area contributed by atoms with Crippen LogP contribution >= 0.6 is 0 Å². The van der Waals surface area contributed by atoms with Crippen molar-refractivity contribution in [3.8, 4) is 0 Å². The predicted octanol–water partition coefficient (Wildman–Crippen LogP) is 6.94. The van der Waals surface area contributed by atoms with Gasteiger partial charge in [0.2, 0.25) is 0 Å². The molecule has 0 aromatic rings. The molecule has 46 heavy (non-hydrogen) atoms. The van der Waals surface area contributed by atoms with E-state index < -0.39 is 17.7 Å². The van der Waals surface area contributed by atoms with Crippen LogP contribution in [0.3, 0.4) is 0 Å². The smallest absolute Gasteiger partial charge is 0.306 e. The molecule has 8 heteroatoms. The molecular formula is C38H60O8. The van der Waals surface area contributed by atoms with E-state index in [1.54, 1.807) is 13.8 Å². The highest BCUT2D eigenvalue weighted by atomic mass is 16.6. The number of esters is 2. The zero-order chi connectivity index (χ0) is 33.8. The Labute approximate surface area is 276 Å². The molecule has 1 saturated heterocycles. The topological polar surface area (TPSA) is 119 Å². The monoisotopic (exact) mass is 644 g/mol. The molecule has 2 spiro atoms. The molecule has 0 aromatic heterocycles. The van der Waals surface area contributed by atoms with Crippen LogP contribution in [0, 0.1) is 56.7 Å². The van der Waals surface area contributed by atoms with Crippen molar-refractivity contribution >= 4 is 17.9 Å². The van der Waals surface area contributed by atoms with E-state index in [-0.39, 0.29) is 64.8 Å². The van der Waals surface area contributed by atoms with Crippen LogP contribution in [0.5, 0.6) is 0 Å². The minimum Gasteiger partial charge on any atom is -0.481 e. The van der Waals surface area contributed by atoms with Crippen LogP contribution in [0.2, 0.25) is 0 Å². The van der Waals surface area contributed by atoms with Crippen LogP contribution in [-0.2, 0) is 28.6 Å². The number of aliphatic carboxylic acids is 1. The maximum absolute atomic E-state index is 12.8. The van der Waals surface area contributed by atoms with Crippen molar-refractivity contribution in [3.05, 3.63) is 0 Å². The second-order valence-corrected chi connectivity index (χ2v) is 18.2. The summed E-state index contributed by atoms with van der Waals surface area (Å²) in [5.41, 5.74) is -0.503. The molecule has 0 aromatic carbocycles. The maximum atomic E-state index is 12.8. The average molecular weight is 645 g/mol. The van der Waals surface area contributed by atoms with Crippen LogP contribution in [-0.4, -0.2) is 58.1 Å². The van der Waals surface area contributed by atoms with Crippen molar-refractivity contribution in [2.45, 2.75) is 163 Å².